The van der Waals surface area contributed by atoms with Crippen LogP contribution >= 0.6 is 12.0 Å². The summed E-state index contributed by atoms with van der Waals surface area (Å²) >= 11 is 0.526. The highest BCUT2D eigenvalue weighted by atomic mass is 32.2. The second-order valence-electron chi connectivity index (χ2n) is 2.63. The Labute approximate surface area is 77.0 Å². The van der Waals surface area contributed by atoms with Crippen LogP contribution in [-0.2, 0) is 9.53 Å². The molecule has 0 aromatic rings. The minimum atomic E-state index is -0.472. The zero-order chi connectivity index (χ0) is 9.56. The summed E-state index contributed by atoms with van der Waals surface area (Å²) in [6, 6.07) is 0. The van der Waals surface area contributed by atoms with Crippen molar-refractivity contribution >= 4 is 18.0 Å². The predicted molar refractivity (Wildman–Crippen MR) is 49.8 cm³/mol. The van der Waals surface area contributed by atoms with Gasteiger partial charge in [-0.15, -0.1) is 0 Å². The van der Waals surface area contributed by atoms with Crippen LogP contribution in [0.5, 0.6) is 0 Å². The maximum atomic E-state index is 11.1. The number of hydrogen-bond acceptors (Lipinski definition) is 4. The number of carbonyl (C=O) groups is 1. The Balaban J connectivity index is 3.93. The monoisotopic (exact) mass is 190 g/mol. The Bertz CT molecular complexity index is 169. The highest BCUT2D eigenvalue weighted by molar-refractivity contribution is 7.95. The molecular weight excluding hydrogens is 176 g/mol. The molecule has 0 bridgehead atoms. The molecule has 1 atom stereocenters. The van der Waals surface area contributed by atoms with Gasteiger partial charge in [0.25, 0.3) is 0 Å². The van der Waals surface area contributed by atoms with Crippen molar-refractivity contribution in [1.82, 2.24) is 0 Å². The Hall–Kier alpha value is -0.480. The number of ether oxygens (including phenoxy) is 1. The van der Waals surface area contributed by atoms with E-state index in [1.54, 1.807) is 0 Å². The van der Waals surface area contributed by atoms with Crippen molar-refractivity contribution in [3.8, 4) is 0 Å². The van der Waals surface area contributed by atoms with Gasteiger partial charge in [-0.1, -0.05) is 6.92 Å². The Kier molecular flexibility index (Phi) is 5.84. The Morgan fingerprint density at radius 3 is 2.58 bits per heavy atom. The van der Waals surface area contributed by atoms with E-state index in [-0.39, 0.29) is 0 Å². The van der Waals surface area contributed by atoms with Crippen LogP contribution in [0.4, 0.5) is 0 Å². The second kappa shape index (κ2) is 6.08. The van der Waals surface area contributed by atoms with Gasteiger partial charge in [-0.05, 0) is 25.8 Å². The molecule has 4 heteroatoms. The van der Waals surface area contributed by atoms with Crippen LogP contribution in [0.3, 0.4) is 0 Å². The van der Waals surface area contributed by atoms with Crippen molar-refractivity contribution in [2.24, 2.45) is 0 Å². The first-order chi connectivity index (χ1) is 5.61. The summed E-state index contributed by atoms with van der Waals surface area (Å²) in [6.07, 6.45) is 1.96. The lowest BCUT2D eigenvalue weighted by Gasteiger charge is -2.06. The van der Waals surface area contributed by atoms with Crippen molar-refractivity contribution in [3.05, 3.63) is 11.8 Å². The fraction of sp³-hybridized carbons (Fsp3) is 0.625. The third kappa shape index (κ3) is 4.41. The van der Waals surface area contributed by atoms with Gasteiger partial charge in [-0.2, -0.15) is 0 Å². The fourth-order valence-electron chi connectivity index (χ4n) is 0.536. The van der Waals surface area contributed by atoms with Gasteiger partial charge < -0.3 is 9.29 Å². The fourth-order valence-corrected chi connectivity index (χ4v) is 0.827. The maximum absolute atomic E-state index is 11.1. The first kappa shape index (κ1) is 11.5. The van der Waals surface area contributed by atoms with Crippen LogP contribution in [0.25, 0.3) is 0 Å². The van der Waals surface area contributed by atoms with Gasteiger partial charge >= 0.3 is 5.97 Å². The summed E-state index contributed by atoms with van der Waals surface area (Å²) in [4.78, 5) is 11.1. The summed E-state index contributed by atoms with van der Waals surface area (Å²) in [5.41, 5.74) is 0.918. The predicted octanol–water partition coefficient (Wildman–Crippen LogP) is 2.44. The number of allylic oxidation sites excluding steroid dienone is 1. The average molecular weight is 190 g/mol. The third-order valence-corrected chi connectivity index (χ3v) is 1.95. The molecule has 0 radical (unpaired) electrons. The zero-order valence-electron chi connectivity index (χ0n) is 7.53. The second-order valence-corrected chi connectivity index (χ2v) is 3.41. The van der Waals surface area contributed by atoms with Crippen molar-refractivity contribution in [1.29, 1.82) is 0 Å². The summed E-state index contributed by atoms with van der Waals surface area (Å²) in [7, 11) is 0. The third-order valence-electron chi connectivity index (χ3n) is 1.17. The van der Waals surface area contributed by atoms with Crippen LogP contribution in [0.1, 0.15) is 27.2 Å². The van der Waals surface area contributed by atoms with Gasteiger partial charge in [-0.25, -0.2) is 0 Å². The molecule has 1 unspecified atom stereocenters. The molecule has 0 fully saturated rings. The van der Waals surface area contributed by atoms with Gasteiger partial charge in [0.1, 0.15) is 5.25 Å². The summed E-state index contributed by atoms with van der Waals surface area (Å²) in [6.45, 7) is 5.48. The molecule has 70 valence electrons. The van der Waals surface area contributed by atoms with E-state index < -0.39 is 11.2 Å². The number of esters is 1. The van der Waals surface area contributed by atoms with E-state index in [1.807, 2.05) is 20.8 Å². The largest absolute Gasteiger partial charge is 0.434 e. The maximum Gasteiger partial charge on any atom is 0.326 e. The van der Waals surface area contributed by atoms with Crippen molar-refractivity contribution < 1.29 is 14.1 Å². The van der Waals surface area contributed by atoms with Crippen molar-refractivity contribution in [3.63, 3.8) is 0 Å². The highest BCUT2D eigenvalue weighted by Gasteiger charge is 2.16. The van der Waals surface area contributed by atoms with Gasteiger partial charge in [0.15, 0.2) is 0 Å². The smallest absolute Gasteiger partial charge is 0.326 e. The van der Waals surface area contributed by atoms with Crippen molar-refractivity contribution in [2.45, 2.75) is 32.4 Å². The molecule has 0 aromatic heterocycles. The topological polar surface area (TPSA) is 46.5 Å². The molecule has 0 aliphatic carbocycles. The van der Waals surface area contributed by atoms with Crippen LogP contribution in [-0.4, -0.2) is 15.8 Å². The lowest BCUT2D eigenvalue weighted by atomic mass is 10.3. The number of rotatable bonds is 4. The quantitative estimate of drug-likeness (QED) is 0.420. The summed E-state index contributed by atoms with van der Waals surface area (Å²) in [5.74, 6) is -0.397. The molecule has 0 saturated carbocycles. The molecule has 0 aromatic carbocycles. The van der Waals surface area contributed by atoms with Crippen LogP contribution < -0.4 is 0 Å². The minimum Gasteiger partial charge on any atom is -0.434 e. The molecule has 0 aliphatic rings. The average Bonchev–Trinajstić information content (AvgIpc) is 2.03. The van der Waals surface area contributed by atoms with Gasteiger partial charge in [-0.3, -0.25) is 4.79 Å². The van der Waals surface area contributed by atoms with E-state index in [0.29, 0.717) is 18.5 Å². The van der Waals surface area contributed by atoms with Crippen molar-refractivity contribution in [2.75, 3.05) is 0 Å². The van der Waals surface area contributed by atoms with E-state index in [9.17, 15) is 4.79 Å². The molecule has 0 spiro atoms. The molecule has 0 aliphatic heterocycles. The summed E-state index contributed by atoms with van der Waals surface area (Å²) < 4.78 is 13.4. The van der Waals surface area contributed by atoms with Crippen LogP contribution in [0, 0.1) is 0 Å². The first-order valence-corrected chi connectivity index (χ1v) is 4.59. The lowest BCUT2D eigenvalue weighted by molar-refractivity contribution is -0.137. The number of carbonyl (C=O) groups excluding carboxylic acids is 1. The van der Waals surface area contributed by atoms with E-state index in [1.165, 1.54) is 6.26 Å². The van der Waals surface area contributed by atoms with Gasteiger partial charge in [0.05, 0.1) is 6.26 Å². The molecule has 0 saturated heterocycles. The number of hydrogen-bond donors (Lipinski definition) is 1. The van der Waals surface area contributed by atoms with E-state index >= 15 is 0 Å². The van der Waals surface area contributed by atoms with Gasteiger partial charge in [0, 0.05) is 12.0 Å². The van der Waals surface area contributed by atoms with E-state index in [2.05, 4.69) is 0 Å². The Morgan fingerprint density at radius 1 is 1.67 bits per heavy atom. The standard InChI is InChI=1S/C8H14O3S/c1-4-7(12-10)8(9)11-5-6(2)3/h5,7,10H,4H2,1-3H3. The first-order valence-electron chi connectivity index (χ1n) is 3.75. The molecular formula is C8H14O3S. The van der Waals surface area contributed by atoms with Crippen LogP contribution in [0.2, 0.25) is 0 Å². The summed E-state index contributed by atoms with van der Waals surface area (Å²) in [5, 5.41) is -0.472. The molecule has 1 N–H and O–H groups in total. The zero-order valence-corrected chi connectivity index (χ0v) is 8.35. The molecule has 0 rings (SSSR count). The normalized spacial score (nSPS) is 12.0. The molecule has 0 heterocycles. The highest BCUT2D eigenvalue weighted by Crippen LogP contribution is 2.12. The SMILES string of the molecule is CCC(SO)C(=O)OC=C(C)C. The van der Waals surface area contributed by atoms with Gasteiger partial charge in [0.2, 0.25) is 0 Å². The molecule has 3 nitrogen and oxygen atoms in total. The minimum absolute atomic E-state index is 0.397. The van der Waals surface area contributed by atoms with E-state index in [0.717, 1.165) is 5.57 Å². The molecule has 12 heavy (non-hydrogen) atoms. The molecule has 0 amide bonds. The lowest BCUT2D eigenvalue weighted by Crippen LogP contribution is -2.16. The van der Waals surface area contributed by atoms with E-state index in [4.69, 9.17) is 9.29 Å². The van der Waals surface area contributed by atoms with Crippen LogP contribution in [0.15, 0.2) is 11.8 Å². The Morgan fingerprint density at radius 2 is 2.25 bits per heavy atom.